The maximum absolute atomic E-state index is 13.7. The van der Waals surface area contributed by atoms with Crippen LogP contribution in [0.3, 0.4) is 0 Å². The van der Waals surface area contributed by atoms with Crippen molar-refractivity contribution >= 4 is 21.6 Å². The smallest absolute Gasteiger partial charge is 0.264 e. The summed E-state index contributed by atoms with van der Waals surface area (Å²) >= 11 is 0. The van der Waals surface area contributed by atoms with E-state index in [1.165, 1.54) is 7.11 Å². The van der Waals surface area contributed by atoms with Crippen molar-refractivity contribution in [3.05, 3.63) is 125 Å². The van der Waals surface area contributed by atoms with E-state index < -0.39 is 28.5 Å². The summed E-state index contributed by atoms with van der Waals surface area (Å²) in [5, 5.41) is 3.05. The highest BCUT2D eigenvalue weighted by Crippen LogP contribution is 2.28. The number of carbonyl (C=O) groups excluding carboxylic acids is 1. The lowest BCUT2D eigenvalue weighted by atomic mass is 9.98. The number of carbonyl (C=O) groups is 1. The quantitative estimate of drug-likeness (QED) is 0.324. The number of benzene rings is 4. The van der Waals surface area contributed by atoms with Gasteiger partial charge in [0.1, 0.15) is 12.3 Å². The van der Waals surface area contributed by atoms with Crippen LogP contribution < -0.4 is 14.4 Å². The van der Waals surface area contributed by atoms with Crippen LogP contribution in [0, 0.1) is 13.8 Å². The molecule has 0 fully saturated rings. The lowest BCUT2D eigenvalue weighted by Crippen LogP contribution is -2.42. The second-order valence-corrected chi connectivity index (χ2v) is 10.7. The zero-order valence-corrected chi connectivity index (χ0v) is 21.9. The molecule has 0 radical (unpaired) electrons. The van der Waals surface area contributed by atoms with Gasteiger partial charge >= 0.3 is 0 Å². The molecule has 0 heterocycles. The van der Waals surface area contributed by atoms with Crippen LogP contribution in [0.15, 0.2) is 108 Å². The topological polar surface area (TPSA) is 75.7 Å². The molecule has 0 aliphatic carbocycles. The van der Waals surface area contributed by atoms with E-state index in [4.69, 9.17) is 4.74 Å². The van der Waals surface area contributed by atoms with Gasteiger partial charge in [0.25, 0.3) is 10.0 Å². The second-order valence-electron chi connectivity index (χ2n) is 8.85. The Morgan fingerprint density at radius 3 is 2.03 bits per heavy atom. The third-order valence-electron chi connectivity index (χ3n) is 6.09. The largest absolute Gasteiger partial charge is 0.497 e. The predicted molar refractivity (Wildman–Crippen MR) is 146 cm³/mol. The molecule has 1 atom stereocenters. The summed E-state index contributed by atoms with van der Waals surface area (Å²) in [6.07, 6.45) is 0. The molecule has 0 aliphatic rings. The lowest BCUT2D eigenvalue weighted by Gasteiger charge is -2.26. The normalized spacial score (nSPS) is 12.0. The molecular formula is C30H30N2O4S. The Bertz CT molecular complexity index is 1450. The minimum absolute atomic E-state index is 0.104. The Hall–Kier alpha value is -4.10. The van der Waals surface area contributed by atoms with Crippen LogP contribution >= 0.6 is 0 Å². The van der Waals surface area contributed by atoms with Crippen molar-refractivity contribution in [2.45, 2.75) is 24.8 Å². The number of methoxy groups -OCH3 is 1. The van der Waals surface area contributed by atoms with Gasteiger partial charge in [0, 0.05) is 6.07 Å². The highest BCUT2D eigenvalue weighted by molar-refractivity contribution is 7.92. The van der Waals surface area contributed by atoms with Crippen molar-refractivity contribution in [3.63, 3.8) is 0 Å². The molecule has 0 unspecified atom stereocenters. The number of nitrogens with one attached hydrogen (secondary N) is 1. The molecule has 37 heavy (non-hydrogen) atoms. The van der Waals surface area contributed by atoms with Crippen molar-refractivity contribution in [3.8, 4) is 5.75 Å². The Morgan fingerprint density at radius 2 is 1.41 bits per heavy atom. The van der Waals surface area contributed by atoms with Gasteiger partial charge in [-0.05, 0) is 49.2 Å². The number of sulfonamides is 1. The van der Waals surface area contributed by atoms with E-state index >= 15 is 0 Å². The molecule has 6 nitrogen and oxygen atoms in total. The van der Waals surface area contributed by atoms with E-state index in [1.54, 1.807) is 48.5 Å². The minimum Gasteiger partial charge on any atom is -0.497 e. The Morgan fingerprint density at radius 1 is 0.811 bits per heavy atom. The summed E-state index contributed by atoms with van der Waals surface area (Å²) in [6, 6.07) is 30.3. The molecule has 0 saturated heterocycles. The third-order valence-corrected chi connectivity index (χ3v) is 7.87. The van der Waals surface area contributed by atoms with Crippen molar-refractivity contribution in [2.24, 2.45) is 0 Å². The van der Waals surface area contributed by atoms with Gasteiger partial charge in [-0.1, -0.05) is 83.9 Å². The van der Waals surface area contributed by atoms with Crippen LogP contribution in [0.25, 0.3) is 0 Å². The molecule has 4 aromatic rings. The van der Waals surface area contributed by atoms with Crippen LogP contribution in [0.4, 0.5) is 5.69 Å². The van der Waals surface area contributed by atoms with Crippen molar-refractivity contribution < 1.29 is 17.9 Å². The summed E-state index contributed by atoms with van der Waals surface area (Å²) < 4.78 is 33.9. The van der Waals surface area contributed by atoms with E-state index in [1.807, 2.05) is 68.4 Å². The van der Waals surface area contributed by atoms with Gasteiger partial charge in [-0.3, -0.25) is 9.10 Å². The fourth-order valence-electron chi connectivity index (χ4n) is 4.02. The van der Waals surface area contributed by atoms with Gasteiger partial charge in [0.15, 0.2) is 0 Å². The van der Waals surface area contributed by atoms with Crippen LogP contribution in [-0.4, -0.2) is 28.0 Å². The first-order chi connectivity index (χ1) is 17.8. The van der Waals surface area contributed by atoms with Gasteiger partial charge < -0.3 is 10.1 Å². The second kappa shape index (κ2) is 11.3. The molecule has 0 spiro atoms. The van der Waals surface area contributed by atoms with Crippen molar-refractivity contribution in [2.75, 3.05) is 18.0 Å². The van der Waals surface area contributed by atoms with E-state index in [2.05, 4.69) is 5.32 Å². The first kappa shape index (κ1) is 26.0. The monoisotopic (exact) mass is 514 g/mol. The molecule has 7 heteroatoms. The number of nitrogens with zero attached hydrogens (tertiary/aromatic N) is 1. The molecule has 1 N–H and O–H groups in total. The average molecular weight is 515 g/mol. The number of anilines is 1. The molecule has 0 aromatic heterocycles. The zero-order valence-electron chi connectivity index (χ0n) is 21.1. The van der Waals surface area contributed by atoms with Crippen molar-refractivity contribution in [1.29, 1.82) is 0 Å². The standard InChI is InChI=1S/C30H30N2O4S/c1-22-12-16-25(17-13-22)30(24-8-5-4-6-9-24)31-29(33)21-32(26-10-7-11-27(20-26)36-3)37(34,35)28-18-14-23(2)15-19-28/h4-20,30H,21H2,1-3H3,(H,31,33)/t30-/m0/s1. The number of hydrogen-bond acceptors (Lipinski definition) is 4. The summed E-state index contributed by atoms with van der Waals surface area (Å²) in [5.74, 6) is 0.0526. The minimum atomic E-state index is -4.04. The van der Waals surface area contributed by atoms with Gasteiger partial charge in [-0.15, -0.1) is 0 Å². The summed E-state index contributed by atoms with van der Waals surface area (Å²) in [7, 11) is -2.53. The molecule has 1 amide bonds. The maximum Gasteiger partial charge on any atom is 0.264 e. The maximum atomic E-state index is 13.7. The van der Waals surface area contributed by atoms with Gasteiger partial charge in [-0.2, -0.15) is 0 Å². The zero-order chi connectivity index (χ0) is 26.4. The molecule has 0 saturated carbocycles. The number of amides is 1. The first-order valence-corrected chi connectivity index (χ1v) is 13.4. The molecular weight excluding hydrogens is 484 g/mol. The third kappa shape index (κ3) is 6.19. The Balaban J connectivity index is 1.69. The Kier molecular flexibility index (Phi) is 7.94. The Labute approximate surface area is 218 Å². The molecule has 0 bridgehead atoms. The van der Waals surface area contributed by atoms with Gasteiger partial charge in [-0.25, -0.2) is 8.42 Å². The molecule has 4 rings (SSSR count). The highest BCUT2D eigenvalue weighted by atomic mass is 32.2. The van der Waals surface area contributed by atoms with E-state index in [0.29, 0.717) is 11.4 Å². The summed E-state index contributed by atoms with van der Waals surface area (Å²) in [5.41, 5.74) is 4.18. The SMILES string of the molecule is COc1cccc(N(CC(=O)N[C@@H](c2ccccc2)c2ccc(C)cc2)S(=O)(=O)c2ccc(C)cc2)c1. The highest BCUT2D eigenvalue weighted by Gasteiger charge is 2.29. The van der Waals surface area contributed by atoms with E-state index in [-0.39, 0.29) is 4.90 Å². The van der Waals surface area contributed by atoms with Crippen LogP contribution in [0.5, 0.6) is 5.75 Å². The van der Waals surface area contributed by atoms with Crippen LogP contribution in [0.1, 0.15) is 28.3 Å². The molecule has 0 aliphatic heterocycles. The van der Waals surface area contributed by atoms with Crippen molar-refractivity contribution in [1.82, 2.24) is 5.32 Å². The van der Waals surface area contributed by atoms with E-state index in [0.717, 1.165) is 26.6 Å². The summed E-state index contributed by atoms with van der Waals surface area (Å²) in [6.45, 7) is 3.48. The predicted octanol–water partition coefficient (Wildman–Crippen LogP) is 5.41. The number of aryl methyl sites for hydroxylation is 2. The van der Waals surface area contributed by atoms with Crippen LogP contribution in [0.2, 0.25) is 0 Å². The number of ether oxygens (including phenoxy) is 1. The average Bonchev–Trinajstić information content (AvgIpc) is 2.91. The molecule has 190 valence electrons. The van der Waals surface area contributed by atoms with Crippen LogP contribution in [-0.2, 0) is 14.8 Å². The van der Waals surface area contributed by atoms with E-state index in [9.17, 15) is 13.2 Å². The summed E-state index contributed by atoms with van der Waals surface area (Å²) in [4.78, 5) is 13.6. The molecule has 4 aromatic carbocycles. The lowest BCUT2D eigenvalue weighted by molar-refractivity contribution is -0.120. The fraction of sp³-hybridized carbons (Fsp3) is 0.167. The van der Waals surface area contributed by atoms with Gasteiger partial charge in [0.2, 0.25) is 5.91 Å². The van der Waals surface area contributed by atoms with Gasteiger partial charge in [0.05, 0.1) is 23.7 Å². The number of rotatable bonds is 9. The fourth-order valence-corrected chi connectivity index (χ4v) is 5.43. The first-order valence-electron chi connectivity index (χ1n) is 11.9. The number of hydrogen-bond donors (Lipinski definition) is 1.